The van der Waals surface area contributed by atoms with Gasteiger partial charge in [-0.25, -0.2) is 13.1 Å². The first-order valence-electron chi connectivity index (χ1n) is 10.3. The first-order chi connectivity index (χ1) is 14.8. The average molecular weight is 447 g/mol. The van der Waals surface area contributed by atoms with Crippen molar-refractivity contribution in [3.05, 3.63) is 41.6 Å². The lowest BCUT2D eigenvalue weighted by atomic mass is 9.99. The van der Waals surface area contributed by atoms with Gasteiger partial charge in [-0.05, 0) is 18.6 Å². The molecule has 0 saturated carbocycles. The number of nitrogens with one attached hydrogen (secondary N) is 1. The number of amides is 2. The number of nitrogens with zero attached hydrogens (tertiary/aromatic N) is 3. The molecule has 1 aromatic heterocycles. The van der Waals surface area contributed by atoms with Crippen LogP contribution in [-0.2, 0) is 19.6 Å². The van der Waals surface area contributed by atoms with Crippen molar-refractivity contribution in [1.82, 2.24) is 19.5 Å². The highest BCUT2D eigenvalue weighted by Gasteiger charge is 2.30. The predicted octanol–water partition coefficient (Wildman–Crippen LogP) is 0.572. The fourth-order valence-electron chi connectivity index (χ4n) is 4.05. The number of sulfonamides is 1. The summed E-state index contributed by atoms with van der Waals surface area (Å²) in [4.78, 5) is 33.8. The van der Waals surface area contributed by atoms with E-state index >= 15 is 0 Å². The van der Waals surface area contributed by atoms with Gasteiger partial charge < -0.3 is 14.5 Å². The van der Waals surface area contributed by atoms with Crippen molar-refractivity contribution in [3.8, 4) is 0 Å². The number of benzene rings is 1. The molecule has 1 atom stereocenters. The van der Waals surface area contributed by atoms with Crippen LogP contribution in [-0.4, -0.2) is 87.2 Å². The van der Waals surface area contributed by atoms with Gasteiger partial charge in [0.25, 0.3) is 5.91 Å². The van der Waals surface area contributed by atoms with Crippen molar-refractivity contribution in [3.63, 3.8) is 0 Å². The predicted molar refractivity (Wildman–Crippen MR) is 115 cm³/mol. The Morgan fingerprint density at radius 1 is 1.16 bits per heavy atom. The van der Waals surface area contributed by atoms with Crippen molar-refractivity contribution in [2.24, 2.45) is 0 Å². The molecular formula is C21H26N4O5S. The van der Waals surface area contributed by atoms with Gasteiger partial charge in [0.05, 0.1) is 37.1 Å². The fraction of sp³-hybridized carbons (Fsp3) is 0.476. The van der Waals surface area contributed by atoms with Crippen molar-refractivity contribution in [1.29, 1.82) is 0 Å². The maximum Gasteiger partial charge on any atom is 0.254 e. The Balaban J connectivity index is 1.57. The van der Waals surface area contributed by atoms with Gasteiger partial charge in [-0.3, -0.25) is 14.6 Å². The molecule has 10 heteroatoms. The molecule has 9 nitrogen and oxygen atoms in total. The summed E-state index contributed by atoms with van der Waals surface area (Å²) in [5.41, 5.74) is 2.15. The molecule has 2 amide bonds. The van der Waals surface area contributed by atoms with Gasteiger partial charge in [0, 0.05) is 43.2 Å². The minimum Gasteiger partial charge on any atom is -0.378 e. The molecule has 4 rings (SSSR count). The van der Waals surface area contributed by atoms with Crippen LogP contribution in [0.15, 0.2) is 30.3 Å². The van der Waals surface area contributed by atoms with Gasteiger partial charge in [-0.2, -0.15) is 0 Å². The molecule has 2 fully saturated rings. The summed E-state index contributed by atoms with van der Waals surface area (Å²) in [7, 11) is -3.43. The van der Waals surface area contributed by atoms with E-state index in [0.717, 1.165) is 22.9 Å². The molecule has 1 N–H and O–H groups in total. The van der Waals surface area contributed by atoms with E-state index in [0.29, 0.717) is 51.4 Å². The molecule has 0 unspecified atom stereocenters. The molecule has 2 saturated heterocycles. The Hall–Kier alpha value is -2.56. The molecule has 3 heterocycles. The third-order valence-electron chi connectivity index (χ3n) is 5.71. The Bertz CT molecular complexity index is 1100. The lowest BCUT2D eigenvalue weighted by Crippen LogP contribution is -2.40. The summed E-state index contributed by atoms with van der Waals surface area (Å²) >= 11 is 0. The highest BCUT2D eigenvalue weighted by atomic mass is 32.2. The topological polar surface area (TPSA) is 109 Å². The van der Waals surface area contributed by atoms with Crippen LogP contribution in [0.25, 0.3) is 10.9 Å². The zero-order valence-electron chi connectivity index (χ0n) is 17.4. The molecule has 0 aliphatic carbocycles. The molecule has 31 heavy (non-hydrogen) atoms. The lowest BCUT2D eigenvalue weighted by Gasteiger charge is -2.27. The third-order valence-corrected chi connectivity index (χ3v) is 6.38. The quantitative estimate of drug-likeness (QED) is 0.719. The van der Waals surface area contributed by atoms with Gasteiger partial charge in [-0.1, -0.05) is 18.2 Å². The van der Waals surface area contributed by atoms with Crippen LogP contribution < -0.4 is 4.72 Å². The molecule has 2 aromatic rings. The number of morpholine rings is 1. The highest BCUT2D eigenvalue weighted by molar-refractivity contribution is 7.88. The number of hydrogen-bond acceptors (Lipinski definition) is 6. The smallest absolute Gasteiger partial charge is 0.254 e. The number of hydrogen-bond donors (Lipinski definition) is 1. The second-order valence-corrected chi connectivity index (χ2v) is 9.77. The summed E-state index contributed by atoms with van der Waals surface area (Å²) in [5, 5.41) is 0.811. The molecule has 2 aliphatic rings. The summed E-state index contributed by atoms with van der Waals surface area (Å²) in [6, 6.07) is 9.44. The van der Waals surface area contributed by atoms with Gasteiger partial charge in [0.1, 0.15) is 0 Å². The molecule has 0 bridgehead atoms. The number of ether oxygens (including phenoxy) is 1. The van der Waals surface area contributed by atoms with Crippen molar-refractivity contribution in [2.75, 3.05) is 52.2 Å². The Morgan fingerprint density at radius 3 is 2.65 bits per heavy atom. The Kier molecular flexibility index (Phi) is 6.22. The lowest BCUT2D eigenvalue weighted by molar-refractivity contribution is -0.128. The van der Waals surface area contributed by atoms with Gasteiger partial charge >= 0.3 is 0 Å². The number of para-hydroxylation sites is 1. The van der Waals surface area contributed by atoms with Crippen LogP contribution in [0, 0.1) is 0 Å². The summed E-state index contributed by atoms with van der Waals surface area (Å²) in [6.07, 6.45) is 1.74. The van der Waals surface area contributed by atoms with E-state index in [1.54, 1.807) is 9.80 Å². The van der Waals surface area contributed by atoms with E-state index in [2.05, 4.69) is 4.72 Å². The largest absolute Gasteiger partial charge is 0.378 e. The van der Waals surface area contributed by atoms with Crippen LogP contribution in [0.5, 0.6) is 0 Å². The summed E-state index contributed by atoms with van der Waals surface area (Å²) < 4.78 is 30.1. The van der Waals surface area contributed by atoms with E-state index in [9.17, 15) is 18.0 Å². The highest BCUT2D eigenvalue weighted by Crippen LogP contribution is 2.30. The van der Waals surface area contributed by atoms with E-state index < -0.39 is 10.0 Å². The Labute approximate surface area is 181 Å². The number of fused-ring (bicyclic) bond motifs is 1. The molecular weight excluding hydrogens is 420 g/mol. The van der Waals surface area contributed by atoms with Crippen LogP contribution >= 0.6 is 0 Å². The maximum atomic E-state index is 13.2. The second-order valence-electron chi connectivity index (χ2n) is 7.94. The van der Waals surface area contributed by atoms with E-state index in [4.69, 9.17) is 9.72 Å². The number of carbonyl (C=O) groups excluding carboxylic acids is 2. The van der Waals surface area contributed by atoms with Gasteiger partial charge in [0.15, 0.2) is 0 Å². The normalized spacial score (nSPS) is 19.7. The van der Waals surface area contributed by atoms with Crippen molar-refractivity contribution < 1.29 is 22.7 Å². The number of likely N-dealkylation sites (tertiary alicyclic amines) is 1. The van der Waals surface area contributed by atoms with Gasteiger partial charge in [-0.15, -0.1) is 0 Å². The van der Waals surface area contributed by atoms with E-state index in [1.807, 2.05) is 30.3 Å². The minimum atomic E-state index is -3.43. The summed E-state index contributed by atoms with van der Waals surface area (Å²) in [6.45, 7) is 2.90. The molecule has 0 radical (unpaired) electrons. The zero-order chi connectivity index (χ0) is 22.0. The van der Waals surface area contributed by atoms with Crippen molar-refractivity contribution >= 4 is 32.7 Å². The molecule has 2 aliphatic heterocycles. The second kappa shape index (κ2) is 8.89. The van der Waals surface area contributed by atoms with E-state index in [-0.39, 0.29) is 24.3 Å². The first-order valence-corrected chi connectivity index (χ1v) is 12.2. The van der Waals surface area contributed by atoms with Crippen LogP contribution in [0.3, 0.4) is 0 Å². The van der Waals surface area contributed by atoms with Crippen LogP contribution in [0.2, 0.25) is 0 Å². The SMILES string of the molecule is CS(=O)(=O)NCC(=O)N1CC[C@@H](c2cc(C(=O)N3CCOCC3)c3ccccc3n2)C1. The average Bonchev–Trinajstić information content (AvgIpc) is 3.27. The standard InChI is InChI=1S/C21H26N4O5S/c1-31(28,29)22-13-20(26)25-7-6-15(14-25)19-12-17(16-4-2-3-5-18(16)23-19)21(27)24-8-10-30-11-9-24/h2-5,12,15,22H,6-11,13-14H2,1H3/t15-/m1/s1. The monoisotopic (exact) mass is 446 g/mol. The fourth-order valence-corrected chi connectivity index (χ4v) is 4.44. The number of rotatable bonds is 5. The van der Waals surface area contributed by atoms with Crippen LogP contribution in [0.4, 0.5) is 0 Å². The maximum absolute atomic E-state index is 13.2. The summed E-state index contributed by atoms with van der Waals surface area (Å²) in [5.74, 6) is -0.312. The minimum absolute atomic E-state index is 0.0111. The third kappa shape index (κ3) is 5.03. The number of carbonyl (C=O) groups is 2. The first kappa shape index (κ1) is 21.7. The van der Waals surface area contributed by atoms with E-state index in [1.165, 1.54) is 0 Å². The van der Waals surface area contributed by atoms with Crippen LogP contribution in [0.1, 0.15) is 28.4 Å². The number of aromatic nitrogens is 1. The number of pyridine rings is 1. The zero-order valence-corrected chi connectivity index (χ0v) is 18.2. The molecule has 1 aromatic carbocycles. The van der Waals surface area contributed by atoms with Crippen molar-refractivity contribution in [2.45, 2.75) is 12.3 Å². The van der Waals surface area contributed by atoms with Gasteiger partial charge in [0.2, 0.25) is 15.9 Å². The molecule has 0 spiro atoms. The Morgan fingerprint density at radius 2 is 1.90 bits per heavy atom. The molecule has 166 valence electrons.